The third kappa shape index (κ3) is 3.55. The average Bonchev–Trinajstić information content (AvgIpc) is 2.87. The van der Waals surface area contributed by atoms with Crippen LogP contribution in [0.15, 0.2) is 12.1 Å². The van der Waals surface area contributed by atoms with Gasteiger partial charge in [0.2, 0.25) is 0 Å². The van der Waals surface area contributed by atoms with Gasteiger partial charge in [-0.25, -0.2) is 0 Å². The summed E-state index contributed by atoms with van der Waals surface area (Å²) in [5.74, 6) is 2.52. The Morgan fingerprint density at radius 1 is 1.36 bits per heavy atom. The van der Waals surface area contributed by atoms with Crippen molar-refractivity contribution in [3.63, 3.8) is 0 Å². The number of rotatable bonds is 5. The quantitative estimate of drug-likeness (QED) is 0.878. The van der Waals surface area contributed by atoms with Crippen LogP contribution in [0.25, 0.3) is 0 Å². The first-order valence-corrected chi connectivity index (χ1v) is 8.41. The van der Waals surface area contributed by atoms with Crippen LogP contribution in [0.2, 0.25) is 0 Å². The van der Waals surface area contributed by atoms with Gasteiger partial charge < -0.3 is 19.9 Å². The fraction of sp³-hybridized carbons (Fsp3) is 0.667. The molecule has 2 N–H and O–H groups in total. The first-order valence-electron chi connectivity index (χ1n) is 8.41. The zero-order valence-corrected chi connectivity index (χ0v) is 13.6. The molecular weight excluding hydrogens is 278 g/mol. The molecule has 0 aromatic heterocycles. The van der Waals surface area contributed by atoms with Crippen LogP contribution in [0.3, 0.4) is 0 Å². The second-order valence-electron chi connectivity index (χ2n) is 6.72. The van der Waals surface area contributed by atoms with Gasteiger partial charge >= 0.3 is 0 Å². The Balaban J connectivity index is 1.61. The molecule has 4 nitrogen and oxygen atoms in total. The monoisotopic (exact) mass is 305 g/mol. The van der Waals surface area contributed by atoms with Gasteiger partial charge in [-0.3, -0.25) is 0 Å². The molecule has 1 saturated carbocycles. The summed E-state index contributed by atoms with van der Waals surface area (Å²) in [6.07, 6.45) is 5.34. The van der Waals surface area contributed by atoms with E-state index in [1.165, 1.54) is 17.5 Å². The molecule has 3 rings (SSSR count). The molecule has 1 aromatic carbocycles. The van der Waals surface area contributed by atoms with Gasteiger partial charge in [-0.1, -0.05) is 6.42 Å². The minimum atomic E-state index is -0.106. The lowest BCUT2D eigenvalue weighted by Gasteiger charge is -2.26. The summed E-state index contributed by atoms with van der Waals surface area (Å²) >= 11 is 0. The molecule has 3 unspecified atom stereocenters. The van der Waals surface area contributed by atoms with Crippen LogP contribution in [0.5, 0.6) is 11.5 Å². The summed E-state index contributed by atoms with van der Waals surface area (Å²) in [6, 6.07) is 4.15. The van der Waals surface area contributed by atoms with Crippen molar-refractivity contribution < 1.29 is 14.6 Å². The van der Waals surface area contributed by atoms with E-state index in [0.29, 0.717) is 5.92 Å². The summed E-state index contributed by atoms with van der Waals surface area (Å²) in [4.78, 5) is 0. The highest BCUT2D eigenvalue weighted by molar-refractivity contribution is 5.49. The smallest absolute Gasteiger partial charge is 0.127 e. The third-order valence-corrected chi connectivity index (χ3v) is 4.78. The molecule has 0 bridgehead atoms. The lowest BCUT2D eigenvalue weighted by atomic mass is 9.87. The highest BCUT2D eigenvalue weighted by Crippen LogP contribution is 2.36. The van der Waals surface area contributed by atoms with Crippen LogP contribution in [-0.4, -0.2) is 31.0 Å². The van der Waals surface area contributed by atoms with Crippen molar-refractivity contribution in [3.05, 3.63) is 23.3 Å². The summed E-state index contributed by atoms with van der Waals surface area (Å²) < 4.78 is 11.4. The Kier molecular flexibility index (Phi) is 4.89. The van der Waals surface area contributed by atoms with Crippen molar-refractivity contribution in [2.24, 2.45) is 5.92 Å². The SMILES string of the molecule is COc1cc(CNCC2CCCC(O)C2)c2c(c1)CC(C)O2. The van der Waals surface area contributed by atoms with Gasteiger partial charge in [-0.15, -0.1) is 0 Å². The van der Waals surface area contributed by atoms with Crippen LogP contribution in [-0.2, 0) is 13.0 Å². The van der Waals surface area contributed by atoms with Gasteiger partial charge in [0.15, 0.2) is 0 Å². The molecule has 2 aliphatic rings. The molecule has 122 valence electrons. The summed E-state index contributed by atoms with van der Waals surface area (Å²) in [7, 11) is 1.71. The number of nitrogens with one attached hydrogen (secondary N) is 1. The van der Waals surface area contributed by atoms with E-state index in [2.05, 4.69) is 24.4 Å². The van der Waals surface area contributed by atoms with Gasteiger partial charge in [0.25, 0.3) is 0 Å². The van der Waals surface area contributed by atoms with Gasteiger partial charge in [0, 0.05) is 24.1 Å². The van der Waals surface area contributed by atoms with Crippen molar-refractivity contribution in [1.29, 1.82) is 0 Å². The fourth-order valence-corrected chi connectivity index (χ4v) is 3.69. The molecule has 1 aliphatic heterocycles. The Labute approximate surface area is 132 Å². The van der Waals surface area contributed by atoms with Crippen molar-refractivity contribution in [2.75, 3.05) is 13.7 Å². The van der Waals surface area contributed by atoms with Crippen LogP contribution in [0.1, 0.15) is 43.7 Å². The molecule has 0 saturated heterocycles. The number of hydrogen-bond acceptors (Lipinski definition) is 4. The third-order valence-electron chi connectivity index (χ3n) is 4.78. The van der Waals surface area contributed by atoms with E-state index >= 15 is 0 Å². The molecule has 0 spiro atoms. The molecule has 1 heterocycles. The molecular formula is C18H27NO3. The van der Waals surface area contributed by atoms with E-state index in [0.717, 1.165) is 50.3 Å². The van der Waals surface area contributed by atoms with Gasteiger partial charge in [-0.05, 0) is 50.8 Å². The first kappa shape index (κ1) is 15.6. The molecule has 3 atom stereocenters. The maximum atomic E-state index is 9.76. The largest absolute Gasteiger partial charge is 0.497 e. The Hall–Kier alpha value is -1.26. The first-order chi connectivity index (χ1) is 10.7. The van der Waals surface area contributed by atoms with Gasteiger partial charge in [-0.2, -0.15) is 0 Å². The van der Waals surface area contributed by atoms with Crippen LogP contribution in [0, 0.1) is 5.92 Å². The lowest BCUT2D eigenvalue weighted by molar-refractivity contribution is 0.100. The zero-order chi connectivity index (χ0) is 15.5. The van der Waals surface area contributed by atoms with E-state index in [9.17, 15) is 5.11 Å². The van der Waals surface area contributed by atoms with Crippen molar-refractivity contribution >= 4 is 0 Å². The number of benzene rings is 1. The second-order valence-corrected chi connectivity index (χ2v) is 6.72. The van der Waals surface area contributed by atoms with Crippen LogP contribution < -0.4 is 14.8 Å². The summed E-state index contributed by atoms with van der Waals surface area (Å²) in [5, 5.41) is 13.3. The predicted molar refractivity (Wildman–Crippen MR) is 86.5 cm³/mol. The number of fused-ring (bicyclic) bond motifs is 1. The number of methoxy groups -OCH3 is 1. The zero-order valence-electron chi connectivity index (χ0n) is 13.6. The Morgan fingerprint density at radius 3 is 3.00 bits per heavy atom. The van der Waals surface area contributed by atoms with Gasteiger partial charge in [0.05, 0.1) is 13.2 Å². The van der Waals surface area contributed by atoms with Crippen molar-refractivity contribution in [1.82, 2.24) is 5.32 Å². The molecule has 4 heteroatoms. The van der Waals surface area contributed by atoms with Gasteiger partial charge in [0.1, 0.15) is 17.6 Å². The summed E-state index contributed by atoms with van der Waals surface area (Å²) in [6.45, 7) is 3.85. The second kappa shape index (κ2) is 6.88. The average molecular weight is 305 g/mol. The normalized spacial score (nSPS) is 27.3. The molecule has 0 amide bonds. The van der Waals surface area contributed by atoms with E-state index < -0.39 is 0 Å². The maximum Gasteiger partial charge on any atom is 0.127 e. The highest BCUT2D eigenvalue weighted by atomic mass is 16.5. The van der Waals surface area contributed by atoms with E-state index in [4.69, 9.17) is 9.47 Å². The standard InChI is InChI=1S/C18H27NO3/c1-12-6-14-8-17(21-2)9-15(18(14)22-12)11-19-10-13-4-3-5-16(20)7-13/h8-9,12-13,16,19-20H,3-7,10-11H2,1-2H3. The Bertz CT molecular complexity index is 517. The minimum absolute atomic E-state index is 0.106. The number of hydrogen-bond donors (Lipinski definition) is 2. The van der Waals surface area contributed by atoms with Crippen LogP contribution >= 0.6 is 0 Å². The lowest BCUT2D eigenvalue weighted by Crippen LogP contribution is -2.29. The number of aliphatic hydroxyl groups excluding tert-OH is 1. The fourth-order valence-electron chi connectivity index (χ4n) is 3.69. The molecule has 1 fully saturated rings. The van der Waals surface area contributed by atoms with Crippen molar-refractivity contribution in [3.8, 4) is 11.5 Å². The van der Waals surface area contributed by atoms with E-state index in [1.54, 1.807) is 7.11 Å². The number of ether oxygens (including phenoxy) is 2. The number of aliphatic hydroxyl groups is 1. The molecule has 22 heavy (non-hydrogen) atoms. The van der Waals surface area contributed by atoms with Crippen molar-refractivity contribution in [2.45, 2.75) is 57.8 Å². The molecule has 0 radical (unpaired) electrons. The predicted octanol–water partition coefficient (Wildman–Crippen LogP) is 2.66. The molecule has 1 aliphatic carbocycles. The van der Waals surface area contributed by atoms with E-state index in [1.807, 2.05) is 0 Å². The van der Waals surface area contributed by atoms with Crippen LogP contribution in [0.4, 0.5) is 0 Å². The molecule has 1 aromatic rings. The summed E-state index contributed by atoms with van der Waals surface area (Å²) in [5.41, 5.74) is 2.42. The Morgan fingerprint density at radius 2 is 2.23 bits per heavy atom. The highest BCUT2D eigenvalue weighted by Gasteiger charge is 2.24. The maximum absolute atomic E-state index is 9.76. The minimum Gasteiger partial charge on any atom is -0.497 e. The topological polar surface area (TPSA) is 50.7 Å². The van der Waals surface area contributed by atoms with E-state index in [-0.39, 0.29) is 12.2 Å².